The van der Waals surface area contributed by atoms with Gasteiger partial charge in [0.25, 0.3) is 0 Å². The highest BCUT2D eigenvalue weighted by molar-refractivity contribution is 7.11. The zero-order chi connectivity index (χ0) is 21.1. The smallest absolute Gasteiger partial charge is 0.338 e. The van der Waals surface area contributed by atoms with Gasteiger partial charge in [-0.3, -0.25) is 4.99 Å². The number of thiazole rings is 1. The van der Waals surface area contributed by atoms with Crippen molar-refractivity contribution in [3.63, 3.8) is 0 Å². The molecule has 6 nitrogen and oxygen atoms in total. The minimum Gasteiger partial charge on any atom is -0.463 e. The molecule has 0 unspecified atom stereocenters. The van der Waals surface area contributed by atoms with Crippen molar-refractivity contribution in [2.24, 2.45) is 10.9 Å². The Hall–Kier alpha value is -2.29. The topological polar surface area (TPSA) is 75.6 Å². The van der Waals surface area contributed by atoms with Crippen molar-refractivity contribution in [2.75, 3.05) is 19.7 Å². The lowest BCUT2D eigenvalue weighted by Gasteiger charge is -2.33. The van der Waals surface area contributed by atoms with E-state index in [0.717, 1.165) is 31.6 Å². The third-order valence-corrected chi connectivity index (χ3v) is 6.32. The Bertz CT molecular complexity index is 987. The first kappa shape index (κ1) is 21.0. The van der Waals surface area contributed by atoms with Crippen LogP contribution in [0.15, 0.2) is 46.0 Å². The molecule has 1 atom stereocenters. The zero-order valence-electron chi connectivity index (χ0n) is 16.5. The number of amidine groups is 1. The van der Waals surface area contributed by atoms with Gasteiger partial charge >= 0.3 is 5.97 Å². The number of rotatable bonds is 5. The molecular weight excluding hydrogens is 427 g/mol. The number of carbonyl (C=O) groups excluding carboxylic acids is 1. The lowest BCUT2D eigenvalue weighted by Crippen LogP contribution is -2.40. The van der Waals surface area contributed by atoms with Crippen molar-refractivity contribution in [1.82, 2.24) is 15.6 Å². The summed E-state index contributed by atoms with van der Waals surface area (Å²) < 4.78 is 19.1. The van der Waals surface area contributed by atoms with E-state index >= 15 is 0 Å². The van der Waals surface area contributed by atoms with E-state index in [0.29, 0.717) is 22.0 Å². The molecule has 0 saturated carbocycles. The van der Waals surface area contributed by atoms with Crippen LogP contribution in [0.25, 0.3) is 0 Å². The minimum atomic E-state index is -0.706. The Balaban J connectivity index is 1.87. The maximum Gasteiger partial charge on any atom is 0.338 e. The maximum atomic E-state index is 13.7. The van der Waals surface area contributed by atoms with Gasteiger partial charge in [0, 0.05) is 33.8 Å². The second kappa shape index (κ2) is 9.24. The Morgan fingerprint density at radius 1 is 1.37 bits per heavy atom. The average molecular weight is 449 g/mol. The number of allylic oxidation sites excluding steroid dienone is 1. The van der Waals surface area contributed by atoms with Gasteiger partial charge in [-0.05, 0) is 45.0 Å². The van der Waals surface area contributed by atoms with Crippen molar-refractivity contribution in [3.05, 3.63) is 62.5 Å². The molecule has 9 heteroatoms. The van der Waals surface area contributed by atoms with Crippen molar-refractivity contribution in [2.45, 2.75) is 25.8 Å². The highest BCUT2D eigenvalue weighted by Crippen LogP contribution is 2.39. The third-order valence-electron chi connectivity index (χ3n) is 5.21. The maximum absolute atomic E-state index is 13.7. The van der Waals surface area contributed by atoms with Crippen molar-refractivity contribution in [1.29, 1.82) is 0 Å². The van der Waals surface area contributed by atoms with Gasteiger partial charge in [-0.15, -0.1) is 11.3 Å². The Kier molecular flexibility index (Phi) is 6.46. The van der Waals surface area contributed by atoms with Crippen molar-refractivity contribution < 1.29 is 13.9 Å². The Labute approximate surface area is 183 Å². The highest BCUT2D eigenvalue weighted by atomic mass is 35.5. The number of aliphatic imine (C=N–C) groups is 1. The van der Waals surface area contributed by atoms with Gasteiger partial charge in [-0.25, -0.2) is 14.2 Å². The van der Waals surface area contributed by atoms with Gasteiger partial charge in [0.15, 0.2) is 10.8 Å². The number of piperidine rings is 1. The number of hydrogen-bond donors (Lipinski definition) is 2. The molecule has 2 aromatic rings. The van der Waals surface area contributed by atoms with E-state index in [2.05, 4.69) is 15.6 Å². The first-order valence-corrected chi connectivity index (χ1v) is 11.2. The standard InChI is InChI=1S/C21H22ClFN4O2S/c1-2-29-21(28)16-17(12-5-7-24-8-6-12)26-19(20-25-9-10-30-20)27-18(16)14-4-3-13(23)11-15(14)22/h3-4,9-12,18,24H,2,5-8H2,1H3,(H,26,27)/t18-/m1/s1. The summed E-state index contributed by atoms with van der Waals surface area (Å²) in [5.41, 5.74) is 1.78. The molecule has 158 valence electrons. The third kappa shape index (κ3) is 4.26. The molecule has 1 aromatic heterocycles. The van der Waals surface area contributed by atoms with Gasteiger partial charge in [-0.2, -0.15) is 0 Å². The normalized spacial score (nSPS) is 20.0. The molecule has 0 bridgehead atoms. The quantitative estimate of drug-likeness (QED) is 0.679. The molecular formula is C21H22ClFN4O2S. The molecule has 0 spiro atoms. The van der Waals surface area contributed by atoms with Crippen LogP contribution < -0.4 is 10.6 Å². The molecule has 4 rings (SSSR count). The van der Waals surface area contributed by atoms with E-state index in [9.17, 15) is 9.18 Å². The van der Waals surface area contributed by atoms with Crippen LogP contribution in [0.3, 0.4) is 0 Å². The van der Waals surface area contributed by atoms with Gasteiger partial charge in [-0.1, -0.05) is 17.7 Å². The summed E-state index contributed by atoms with van der Waals surface area (Å²) in [5.74, 6) is -0.164. The molecule has 1 fully saturated rings. The number of carbonyl (C=O) groups is 1. The van der Waals surface area contributed by atoms with Crippen molar-refractivity contribution in [3.8, 4) is 0 Å². The van der Waals surface area contributed by atoms with Crippen LogP contribution in [0.5, 0.6) is 0 Å². The molecule has 2 aliphatic heterocycles. The number of benzene rings is 1. The molecule has 2 N–H and O–H groups in total. The molecule has 0 aliphatic carbocycles. The van der Waals surface area contributed by atoms with Crippen LogP contribution >= 0.6 is 22.9 Å². The van der Waals surface area contributed by atoms with E-state index < -0.39 is 17.8 Å². The fourth-order valence-corrected chi connectivity index (χ4v) is 4.69. The predicted molar refractivity (Wildman–Crippen MR) is 115 cm³/mol. The first-order chi connectivity index (χ1) is 14.6. The number of nitrogens with zero attached hydrogens (tertiary/aromatic N) is 2. The summed E-state index contributed by atoms with van der Waals surface area (Å²) >= 11 is 7.84. The number of halogens is 2. The van der Waals surface area contributed by atoms with Gasteiger partial charge in [0.05, 0.1) is 12.2 Å². The largest absolute Gasteiger partial charge is 0.463 e. The number of esters is 1. The minimum absolute atomic E-state index is 0.137. The number of aromatic nitrogens is 1. The van der Waals surface area contributed by atoms with Crippen molar-refractivity contribution >= 4 is 34.7 Å². The monoisotopic (exact) mass is 448 g/mol. The van der Waals surface area contributed by atoms with E-state index in [-0.39, 0.29) is 17.5 Å². The summed E-state index contributed by atoms with van der Waals surface area (Å²) in [4.78, 5) is 22.2. The predicted octanol–water partition coefficient (Wildman–Crippen LogP) is 3.84. The molecule has 1 aromatic carbocycles. The second-order valence-corrected chi connectivity index (χ2v) is 8.38. The van der Waals surface area contributed by atoms with E-state index in [1.165, 1.54) is 23.5 Å². The van der Waals surface area contributed by atoms with Crippen LogP contribution in [0.4, 0.5) is 4.39 Å². The summed E-state index contributed by atoms with van der Waals surface area (Å²) in [6, 6.07) is 3.44. The molecule has 3 heterocycles. The molecule has 0 amide bonds. The summed E-state index contributed by atoms with van der Waals surface area (Å²) in [6.07, 6.45) is 3.46. The average Bonchev–Trinajstić information content (AvgIpc) is 3.29. The fourth-order valence-electron chi connectivity index (χ4n) is 3.83. The van der Waals surface area contributed by atoms with Gasteiger partial charge < -0.3 is 15.4 Å². The van der Waals surface area contributed by atoms with Gasteiger partial charge in [0.1, 0.15) is 11.9 Å². The SMILES string of the molecule is CCOC(=O)C1=C(C2CCNCC2)NC(c2nccs2)=N[C@@H]1c1ccc(F)cc1Cl. The highest BCUT2D eigenvalue weighted by Gasteiger charge is 2.37. The summed E-state index contributed by atoms with van der Waals surface area (Å²) in [5, 5.41) is 9.53. The summed E-state index contributed by atoms with van der Waals surface area (Å²) in [6.45, 7) is 3.73. The second-order valence-electron chi connectivity index (χ2n) is 7.08. The van der Waals surface area contributed by atoms with Gasteiger partial charge in [0.2, 0.25) is 0 Å². The molecule has 30 heavy (non-hydrogen) atoms. The van der Waals surface area contributed by atoms with E-state index in [1.807, 2.05) is 5.38 Å². The van der Waals surface area contributed by atoms with E-state index in [4.69, 9.17) is 21.3 Å². The lowest BCUT2D eigenvalue weighted by atomic mass is 9.86. The van der Waals surface area contributed by atoms with Crippen LogP contribution in [-0.4, -0.2) is 36.5 Å². The number of hydrogen-bond acceptors (Lipinski definition) is 7. The first-order valence-electron chi connectivity index (χ1n) is 9.90. The van der Waals surface area contributed by atoms with Crippen LogP contribution in [-0.2, 0) is 9.53 Å². The number of ether oxygens (including phenoxy) is 1. The Morgan fingerprint density at radius 2 is 2.17 bits per heavy atom. The van der Waals surface area contributed by atoms with E-state index in [1.54, 1.807) is 19.2 Å². The Morgan fingerprint density at radius 3 is 2.83 bits per heavy atom. The van der Waals surface area contributed by atoms with Crippen LogP contribution in [0.2, 0.25) is 5.02 Å². The molecule has 0 radical (unpaired) electrons. The van der Waals surface area contributed by atoms with Crippen LogP contribution in [0.1, 0.15) is 36.4 Å². The zero-order valence-corrected chi connectivity index (χ0v) is 18.0. The van der Waals surface area contributed by atoms with Crippen LogP contribution in [0, 0.1) is 11.7 Å². The fraction of sp³-hybridized carbons (Fsp3) is 0.381. The molecule has 1 saturated heterocycles. The lowest BCUT2D eigenvalue weighted by molar-refractivity contribution is -0.139. The summed E-state index contributed by atoms with van der Waals surface area (Å²) in [7, 11) is 0. The number of nitrogens with one attached hydrogen (secondary N) is 2. The molecule has 2 aliphatic rings.